The molecule has 0 aliphatic carbocycles. The zero-order valence-electron chi connectivity index (χ0n) is 13.6. The highest BCUT2D eigenvalue weighted by molar-refractivity contribution is 5.65. The van der Waals surface area contributed by atoms with E-state index in [0.717, 1.165) is 17.0 Å². The molecule has 1 aromatic heterocycles. The van der Waals surface area contributed by atoms with Crippen LogP contribution >= 0.6 is 0 Å². The van der Waals surface area contributed by atoms with E-state index < -0.39 is 0 Å². The van der Waals surface area contributed by atoms with Gasteiger partial charge < -0.3 is 4.74 Å². The summed E-state index contributed by atoms with van der Waals surface area (Å²) in [4.78, 5) is 0. The first-order chi connectivity index (χ1) is 9.82. The lowest BCUT2D eigenvalue weighted by molar-refractivity contribution is 0.297. The van der Waals surface area contributed by atoms with Gasteiger partial charge in [0.25, 0.3) is 0 Å². The minimum Gasteiger partial charge on any atom is -0.492 e. The SMILES string of the molecule is C=C(OCC)c1cc(-c2ccc(C(C)(C)C)cc2)n(C)n1. The molecule has 2 rings (SSSR count). The predicted molar refractivity (Wildman–Crippen MR) is 88.0 cm³/mol. The molecular formula is C18H24N2O. The van der Waals surface area contributed by atoms with E-state index in [1.165, 1.54) is 5.56 Å². The molecule has 0 saturated heterocycles. The Hall–Kier alpha value is -2.03. The maximum absolute atomic E-state index is 5.43. The maximum atomic E-state index is 5.43. The van der Waals surface area contributed by atoms with Gasteiger partial charge in [0.15, 0.2) is 0 Å². The van der Waals surface area contributed by atoms with Crippen LogP contribution in [0.3, 0.4) is 0 Å². The molecule has 3 heteroatoms. The minimum absolute atomic E-state index is 0.166. The summed E-state index contributed by atoms with van der Waals surface area (Å²) in [6, 6.07) is 10.7. The molecule has 0 fully saturated rings. The van der Waals surface area contributed by atoms with E-state index in [2.05, 4.69) is 56.7 Å². The topological polar surface area (TPSA) is 27.1 Å². The van der Waals surface area contributed by atoms with Gasteiger partial charge in [0.1, 0.15) is 11.5 Å². The number of aryl methyl sites for hydroxylation is 1. The molecule has 0 bridgehead atoms. The van der Waals surface area contributed by atoms with Gasteiger partial charge in [-0.25, -0.2) is 0 Å². The summed E-state index contributed by atoms with van der Waals surface area (Å²) >= 11 is 0. The molecule has 1 heterocycles. The second kappa shape index (κ2) is 5.76. The molecule has 0 spiro atoms. The standard InChI is InChI=1S/C18H24N2O/c1-7-21-13(2)16-12-17(20(6)19-16)14-8-10-15(11-9-14)18(3,4)5/h8-12H,2,7H2,1,3-6H3. The molecule has 21 heavy (non-hydrogen) atoms. The third kappa shape index (κ3) is 3.35. The first kappa shape index (κ1) is 15.4. The molecule has 112 valence electrons. The van der Waals surface area contributed by atoms with Crippen LogP contribution in [-0.2, 0) is 17.2 Å². The van der Waals surface area contributed by atoms with Crippen molar-refractivity contribution < 1.29 is 4.74 Å². The van der Waals surface area contributed by atoms with Crippen molar-refractivity contribution in [2.75, 3.05) is 6.61 Å². The van der Waals surface area contributed by atoms with Crippen molar-refractivity contribution in [1.29, 1.82) is 0 Å². The molecular weight excluding hydrogens is 260 g/mol. The molecule has 3 nitrogen and oxygen atoms in total. The van der Waals surface area contributed by atoms with Crippen LogP contribution in [0.4, 0.5) is 0 Å². The van der Waals surface area contributed by atoms with Crippen LogP contribution in [0.25, 0.3) is 17.0 Å². The lowest BCUT2D eigenvalue weighted by Crippen LogP contribution is -2.10. The van der Waals surface area contributed by atoms with Crippen molar-refractivity contribution in [3.05, 3.63) is 48.2 Å². The van der Waals surface area contributed by atoms with E-state index in [9.17, 15) is 0 Å². The second-order valence-corrected chi connectivity index (χ2v) is 6.22. The molecule has 0 aliphatic rings. The lowest BCUT2D eigenvalue weighted by atomic mass is 9.86. The third-order valence-corrected chi connectivity index (χ3v) is 3.53. The highest BCUT2D eigenvalue weighted by Gasteiger charge is 2.15. The zero-order valence-corrected chi connectivity index (χ0v) is 13.6. The Morgan fingerprint density at radius 1 is 1.24 bits per heavy atom. The molecule has 0 atom stereocenters. The number of hydrogen-bond acceptors (Lipinski definition) is 2. The van der Waals surface area contributed by atoms with Crippen molar-refractivity contribution in [2.24, 2.45) is 7.05 Å². The number of ether oxygens (including phenoxy) is 1. The molecule has 0 saturated carbocycles. The van der Waals surface area contributed by atoms with Gasteiger partial charge in [0.2, 0.25) is 0 Å². The molecule has 0 amide bonds. The summed E-state index contributed by atoms with van der Waals surface area (Å²) in [6.45, 7) is 13.1. The van der Waals surface area contributed by atoms with Gasteiger partial charge in [-0.1, -0.05) is 51.6 Å². The molecule has 2 aromatic rings. The van der Waals surface area contributed by atoms with Crippen LogP contribution in [0, 0.1) is 0 Å². The Kier molecular flexibility index (Phi) is 4.21. The molecule has 1 aromatic carbocycles. The van der Waals surface area contributed by atoms with Gasteiger partial charge in [-0.2, -0.15) is 5.10 Å². The Labute approximate surface area is 127 Å². The monoisotopic (exact) mass is 284 g/mol. The van der Waals surface area contributed by atoms with Gasteiger partial charge in [-0.05, 0) is 29.5 Å². The van der Waals surface area contributed by atoms with Crippen molar-refractivity contribution in [3.8, 4) is 11.3 Å². The maximum Gasteiger partial charge on any atom is 0.139 e. The summed E-state index contributed by atoms with van der Waals surface area (Å²) in [5, 5.41) is 4.47. The van der Waals surface area contributed by atoms with Crippen LogP contribution in [0.5, 0.6) is 0 Å². The van der Waals surface area contributed by atoms with Crippen molar-refractivity contribution in [2.45, 2.75) is 33.1 Å². The van der Waals surface area contributed by atoms with Crippen LogP contribution < -0.4 is 0 Å². The van der Waals surface area contributed by atoms with Crippen molar-refractivity contribution >= 4 is 5.76 Å². The summed E-state index contributed by atoms with van der Waals surface area (Å²) in [5.74, 6) is 0.616. The van der Waals surface area contributed by atoms with Gasteiger partial charge in [-0.3, -0.25) is 4.68 Å². The van der Waals surface area contributed by atoms with Gasteiger partial charge in [-0.15, -0.1) is 0 Å². The fourth-order valence-electron chi connectivity index (χ4n) is 2.26. The molecule has 0 unspecified atom stereocenters. The highest BCUT2D eigenvalue weighted by Crippen LogP contribution is 2.27. The first-order valence-electron chi connectivity index (χ1n) is 7.30. The second-order valence-electron chi connectivity index (χ2n) is 6.22. The van der Waals surface area contributed by atoms with Crippen molar-refractivity contribution in [1.82, 2.24) is 9.78 Å². The number of nitrogens with zero attached hydrogens (tertiary/aromatic N) is 2. The summed E-state index contributed by atoms with van der Waals surface area (Å²) in [5.41, 5.74) is 4.49. The van der Waals surface area contributed by atoms with Gasteiger partial charge >= 0.3 is 0 Å². The Bertz CT molecular complexity index is 630. The van der Waals surface area contributed by atoms with E-state index in [-0.39, 0.29) is 5.41 Å². The predicted octanol–water partition coefficient (Wildman–Crippen LogP) is 4.39. The number of benzene rings is 1. The van der Waals surface area contributed by atoms with Crippen LogP contribution in [-0.4, -0.2) is 16.4 Å². The minimum atomic E-state index is 0.166. The molecule has 0 N–H and O–H groups in total. The highest BCUT2D eigenvalue weighted by atomic mass is 16.5. The Balaban J connectivity index is 2.32. The summed E-state index contributed by atoms with van der Waals surface area (Å²) in [7, 11) is 1.94. The fraction of sp³-hybridized carbons (Fsp3) is 0.389. The average Bonchev–Trinajstić information content (AvgIpc) is 2.80. The summed E-state index contributed by atoms with van der Waals surface area (Å²) < 4.78 is 7.29. The number of hydrogen-bond donors (Lipinski definition) is 0. The van der Waals surface area contributed by atoms with Gasteiger partial charge in [0, 0.05) is 7.05 Å². The molecule has 0 aliphatic heterocycles. The first-order valence-corrected chi connectivity index (χ1v) is 7.30. The quantitative estimate of drug-likeness (QED) is 0.778. The average molecular weight is 284 g/mol. The Morgan fingerprint density at radius 3 is 2.38 bits per heavy atom. The summed E-state index contributed by atoms with van der Waals surface area (Å²) in [6.07, 6.45) is 0. The zero-order chi connectivity index (χ0) is 15.6. The van der Waals surface area contributed by atoms with E-state index in [0.29, 0.717) is 12.4 Å². The largest absolute Gasteiger partial charge is 0.492 e. The van der Waals surface area contributed by atoms with Crippen LogP contribution in [0.1, 0.15) is 39.0 Å². The van der Waals surface area contributed by atoms with Crippen molar-refractivity contribution in [3.63, 3.8) is 0 Å². The van der Waals surface area contributed by atoms with Crippen LogP contribution in [0.15, 0.2) is 36.9 Å². The van der Waals surface area contributed by atoms with E-state index in [4.69, 9.17) is 4.74 Å². The third-order valence-electron chi connectivity index (χ3n) is 3.53. The van der Waals surface area contributed by atoms with E-state index in [1.807, 2.05) is 24.7 Å². The number of aromatic nitrogens is 2. The number of rotatable bonds is 4. The lowest BCUT2D eigenvalue weighted by Gasteiger charge is -2.19. The normalized spacial score (nSPS) is 11.5. The smallest absolute Gasteiger partial charge is 0.139 e. The van der Waals surface area contributed by atoms with Crippen LogP contribution in [0.2, 0.25) is 0 Å². The van der Waals surface area contributed by atoms with E-state index >= 15 is 0 Å². The van der Waals surface area contributed by atoms with Gasteiger partial charge in [0.05, 0.1) is 12.3 Å². The van der Waals surface area contributed by atoms with E-state index in [1.54, 1.807) is 0 Å². The molecule has 0 radical (unpaired) electrons. The fourth-order valence-corrected chi connectivity index (χ4v) is 2.26. The Morgan fingerprint density at radius 2 is 1.86 bits per heavy atom.